The van der Waals surface area contributed by atoms with Crippen LogP contribution in [0, 0.1) is 0 Å². The summed E-state index contributed by atoms with van der Waals surface area (Å²) < 4.78 is 113. The first-order valence-corrected chi connectivity index (χ1v) is 19.7. The maximum Gasteiger partial charge on any atom is 1.00 e. The molecule has 0 amide bonds. The van der Waals surface area contributed by atoms with Gasteiger partial charge >= 0.3 is 88.7 Å². The number of ether oxygens (including phenoxy) is 2. The Morgan fingerprint density at radius 1 is 0.576 bits per heavy atom. The van der Waals surface area contributed by atoms with Gasteiger partial charge < -0.3 is 35.7 Å². The summed E-state index contributed by atoms with van der Waals surface area (Å²) in [4.78, 5) is -2.35. The number of hydrogen-bond acceptors (Lipinski definition) is 17. The Kier molecular flexibility index (Phi) is 16.2. The molecule has 6 aromatic rings. The Hall–Kier alpha value is -3.43. The number of nitrogen functional groups attached to an aromatic ring is 2. The molecule has 0 aromatic heterocycles. The molecule has 6 N–H and O–H groups in total. The molecule has 0 spiro atoms. The molecule has 25 heteroatoms. The van der Waals surface area contributed by atoms with E-state index in [9.17, 15) is 49.1 Å². The number of rotatable bonds is 10. The molecule has 6 aromatic carbocycles. The average molecular weight is 891 g/mol. The van der Waals surface area contributed by atoms with Crippen molar-refractivity contribution in [3.05, 3.63) is 78.9 Å². The summed E-state index contributed by atoms with van der Waals surface area (Å²) in [5, 5.41) is 41.5. The number of nitrogens with zero attached hydrogens (tertiary/aromatic N) is 4. The molecule has 0 bridgehead atoms. The normalized spacial score (nSPS) is 11.9. The zero-order valence-electron chi connectivity index (χ0n) is 31.6. The summed E-state index contributed by atoms with van der Waals surface area (Å²) in [6, 6.07) is 16.2. The topological polar surface area (TPSA) is 332 Å². The van der Waals surface area contributed by atoms with Crippen molar-refractivity contribution in [2.24, 2.45) is 20.5 Å². The van der Waals surface area contributed by atoms with E-state index in [1.54, 1.807) is 18.2 Å². The number of anilines is 2. The van der Waals surface area contributed by atoms with Crippen molar-refractivity contribution in [1.29, 1.82) is 0 Å². The van der Waals surface area contributed by atoms with Gasteiger partial charge in [0.1, 0.15) is 42.8 Å². The van der Waals surface area contributed by atoms with Crippen molar-refractivity contribution in [3.63, 3.8) is 0 Å². The van der Waals surface area contributed by atoms with Crippen molar-refractivity contribution in [1.82, 2.24) is 0 Å². The largest absolute Gasteiger partial charge is 1.00 e. The Morgan fingerprint density at radius 2 is 1.08 bits per heavy atom. The van der Waals surface area contributed by atoms with Crippen LogP contribution in [0.5, 0.6) is 23.0 Å². The van der Waals surface area contributed by atoms with Crippen LogP contribution < -0.4 is 120 Å². The van der Waals surface area contributed by atoms with E-state index in [0.717, 1.165) is 24.3 Å². The van der Waals surface area contributed by atoms with Crippen LogP contribution in [0.3, 0.4) is 0 Å². The zero-order valence-corrected chi connectivity index (χ0v) is 40.0. The third-order valence-electron chi connectivity index (χ3n) is 8.30. The Labute approximate surface area is 402 Å². The van der Waals surface area contributed by atoms with Crippen LogP contribution in [0.1, 0.15) is 0 Å². The van der Waals surface area contributed by atoms with E-state index >= 15 is 0 Å². The molecular formula is C34H25N6Na3O13S3. The van der Waals surface area contributed by atoms with E-state index < -0.39 is 67.9 Å². The maximum atomic E-state index is 13.4. The van der Waals surface area contributed by atoms with Crippen LogP contribution in [-0.2, 0) is 30.4 Å². The maximum absolute atomic E-state index is 13.4. The monoisotopic (exact) mass is 890 g/mol. The van der Waals surface area contributed by atoms with E-state index in [-0.39, 0.29) is 144 Å². The predicted molar refractivity (Wildman–Crippen MR) is 197 cm³/mol. The van der Waals surface area contributed by atoms with Crippen LogP contribution in [0.2, 0.25) is 0 Å². The van der Waals surface area contributed by atoms with Crippen LogP contribution in [0.4, 0.5) is 34.1 Å². The summed E-state index contributed by atoms with van der Waals surface area (Å²) in [6.45, 7) is 0. The van der Waals surface area contributed by atoms with Crippen LogP contribution >= 0.6 is 0 Å². The molecule has 0 saturated carbocycles. The molecule has 0 aliphatic heterocycles. The van der Waals surface area contributed by atoms with Gasteiger partial charge in [-0.05, 0) is 82.6 Å². The molecule has 19 nitrogen and oxygen atoms in total. The Morgan fingerprint density at radius 3 is 1.59 bits per heavy atom. The molecule has 0 saturated heterocycles. The smallest absolute Gasteiger partial charge is 0.870 e. The molecule has 6 rings (SSSR count). The molecule has 0 heterocycles. The Bertz CT molecular complexity index is 3050. The molecule has 0 atom stereocenters. The number of nitrogens with two attached hydrogens (primary N) is 2. The third kappa shape index (κ3) is 10.4. The summed E-state index contributed by atoms with van der Waals surface area (Å²) in [5.41, 5.74) is 11.6. The number of azo groups is 2. The Balaban J connectivity index is 0.00000310. The minimum Gasteiger partial charge on any atom is -0.870 e. The van der Waals surface area contributed by atoms with E-state index in [2.05, 4.69) is 20.5 Å². The molecule has 59 heavy (non-hydrogen) atoms. The number of methoxy groups -OCH3 is 2. The molecular weight excluding hydrogens is 866 g/mol. The molecule has 290 valence electrons. The summed E-state index contributed by atoms with van der Waals surface area (Å²) >= 11 is 0. The van der Waals surface area contributed by atoms with Crippen molar-refractivity contribution in [2.75, 3.05) is 25.7 Å². The first-order valence-electron chi connectivity index (χ1n) is 15.4. The SMILES string of the molecule is COc1cc(-c2ccc(N=Nc3c(S(=O)(=O)O)cc4cc(S(=O)(=O)[O-])cc(N)c4c3[O-])c(OC)c2)ccc1N=Nc1ccc2c(S(=O)(=O)O)ccc(N)c2c1[O-].[Na+].[Na+].[Na+]. The quantitative estimate of drug-likeness (QED) is 0.0444. The van der Waals surface area contributed by atoms with Gasteiger partial charge in [-0.25, -0.2) is 8.42 Å². The molecule has 0 radical (unpaired) electrons. The summed E-state index contributed by atoms with van der Waals surface area (Å²) in [5.74, 6) is -1.55. The fourth-order valence-electron chi connectivity index (χ4n) is 5.71. The molecule has 0 fully saturated rings. The second-order valence-electron chi connectivity index (χ2n) is 11.7. The predicted octanol–water partition coefficient (Wildman–Crippen LogP) is -3.77. The van der Waals surface area contributed by atoms with Crippen LogP contribution in [0.15, 0.2) is 114 Å². The molecule has 0 aliphatic carbocycles. The number of hydrogen-bond donors (Lipinski definition) is 4. The zero-order chi connectivity index (χ0) is 40.9. The van der Waals surface area contributed by atoms with Gasteiger partial charge in [0.2, 0.25) is 0 Å². The van der Waals surface area contributed by atoms with Gasteiger partial charge in [0, 0.05) is 22.1 Å². The summed E-state index contributed by atoms with van der Waals surface area (Å²) in [6.07, 6.45) is 0. The van der Waals surface area contributed by atoms with Gasteiger partial charge in [-0.1, -0.05) is 29.7 Å². The molecule has 0 aliphatic rings. The van der Waals surface area contributed by atoms with Gasteiger partial charge in [-0.2, -0.15) is 21.9 Å². The standard InChI is InChI=1S/C34H28N6O13S3.3Na/c1-52-26-12-16(3-7-23(26)37-39-25-9-5-20-28(55(46,47)48)10-6-21(35)31(20)33(25)41)17-4-8-24(27(13-17)53-2)38-40-32-29(56(49,50)51)14-18-11-19(54(43,44)45)15-22(36)30(18)34(32)42;;;/h3-15,41-42H,35-36H2,1-2H3,(H,43,44,45)(H,46,47,48)(H,49,50,51);;;/q;3*+1/p-3. The van der Waals surface area contributed by atoms with Gasteiger partial charge in [-0.15, -0.1) is 15.3 Å². The summed E-state index contributed by atoms with van der Waals surface area (Å²) in [7, 11) is -12.2. The van der Waals surface area contributed by atoms with E-state index in [0.29, 0.717) is 11.1 Å². The van der Waals surface area contributed by atoms with Gasteiger partial charge in [0.05, 0.1) is 30.5 Å². The number of fused-ring (bicyclic) bond motifs is 2. The van der Waals surface area contributed by atoms with E-state index in [1.807, 2.05) is 0 Å². The fraction of sp³-hybridized carbons (Fsp3) is 0.0588. The van der Waals surface area contributed by atoms with E-state index in [4.69, 9.17) is 20.9 Å². The van der Waals surface area contributed by atoms with Crippen LogP contribution in [-0.4, -0.2) is 53.1 Å². The molecule has 0 unspecified atom stereocenters. The van der Waals surface area contributed by atoms with Gasteiger partial charge in [-0.3, -0.25) is 9.11 Å². The minimum atomic E-state index is -5.15. The van der Waals surface area contributed by atoms with Crippen molar-refractivity contribution in [2.45, 2.75) is 14.7 Å². The van der Waals surface area contributed by atoms with Gasteiger partial charge in [0.15, 0.2) is 0 Å². The number of benzene rings is 6. The average Bonchev–Trinajstić information content (AvgIpc) is 3.12. The second-order valence-corrected chi connectivity index (χ2v) is 15.9. The fourth-order valence-corrected chi connectivity index (χ4v) is 7.59. The van der Waals surface area contributed by atoms with Crippen molar-refractivity contribution < 1.29 is 147 Å². The first-order chi connectivity index (χ1) is 26.2. The van der Waals surface area contributed by atoms with Crippen LogP contribution in [0.25, 0.3) is 32.7 Å². The van der Waals surface area contributed by atoms with Crippen molar-refractivity contribution >= 4 is 86.0 Å². The van der Waals surface area contributed by atoms with Crippen molar-refractivity contribution in [3.8, 4) is 34.1 Å². The second kappa shape index (κ2) is 19.1. The van der Waals surface area contributed by atoms with Gasteiger partial charge in [0.25, 0.3) is 20.2 Å². The first kappa shape index (κ1) is 49.9. The minimum absolute atomic E-state index is 0. The van der Waals surface area contributed by atoms with E-state index in [1.165, 1.54) is 50.6 Å². The third-order valence-corrected chi connectivity index (χ3v) is 10.9.